The fraction of sp³-hybridized carbons (Fsp3) is 0.444. The van der Waals surface area contributed by atoms with E-state index in [1.807, 2.05) is 45.0 Å². The zero-order valence-electron chi connectivity index (χ0n) is 20.3. The number of carbonyl (C=O) groups is 3. The van der Waals surface area contributed by atoms with E-state index < -0.39 is 18.0 Å². The van der Waals surface area contributed by atoms with Crippen LogP contribution in [0.25, 0.3) is 11.1 Å². The predicted molar refractivity (Wildman–Crippen MR) is 131 cm³/mol. The van der Waals surface area contributed by atoms with Crippen LogP contribution in [0.1, 0.15) is 50.7 Å². The van der Waals surface area contributed by atoms with E-state index in [0.29, 0.717) is 6.42 Å². The van der Waals surface area contributed by atoms with Gasteiger partial charge in [-0.1, -0.05) is 69.3 Å². The van der Waals surface area contributed by atoms with Gasteiger partial charge in [0.25, 0.3) is 0 Å². The molecule has 34 heavy (non-hydrogen) atoms. The number of carboxylic acids is 1. The first-order valence-electron chi connectivity index (χ1n) is 11.6. The Balaban J connectivity index is 1.61. The number of hydrogen-bond donors (Lipinski definition) is 2. The number of alkyl carbamates (subject to hydrolysis) is 1. The summed E-state index contributed by atoms with van der Waals surface area (Å²) in [6, 6.07) is 16.3. The molecule has 7 heteroatoms. The Morgan fingerprint density at radius 2 is 1.59 bits per heavy atom. The van der Waals surface area contributed by atoms with Crippen molar-refractivity contribution in [2.75, 3.05) is 26.7 Å². The molecule has 1 atom stereocenters. The number of carboxylic acid groups (broad SMARTS) is 1. The summed E-state index contributed by atoms with van der Waals surface area (Å²) in [6.45, 7) is 6.54. The number of nitrogens with zero attached hydrogens (tertiary/aromatic N) is 1. The number of carbonyl (C=O) groups excluding carboxylic acids is 2. The van der Waals surface area contributed by atoms with E-state index in [-0.39, 0.29) is 43.4 Å². The highest BCUT2D eigenvalue weighted by Crippen LogP contribution is 2.44. The summed E-state index contributed by atoms with van der Waals surface area (Å²) in [6.07, 6.45) is -0.140. The second kappa shape index (κ2) is 10.7. The standard InChI is InChI=1S/C27H34N2O5/c1-27(2,3)15-18(25(32)29(4)14-13-24(30)31)16-28-26(33)34-17-23-21-11-7-5-9-19(21)20-10-6-8-12-22(20)23/h5-12,18,23H,13-17H2,1-4H3,(H,28,33)(H,30,31). The second-order valence-corrected chi connectivity index (χ2v) is 10.1. The summed E-state index contributed by atoms with van der Waals surface area (Å²) in [5, 5.41) is 11.7. The molecule has 2 aromatic rings. The van der Waals surface area contributed by atoms with Gasteiger partial charge < -0.3 is 20.1 Å². The SMILES string of the molecule is CN(CCC(=O)O)C(=O)C(CNC(=O)OCC1c2ccccc2-c2ccccc21)CC(C)(C)C. The Morgan fingerprint density at radius 1 is 1.03 bits per heavy atom. The molecule has 3 rings (SSSR count). The first kappa shape index (κ1) is 25.3. The van der Waals surface area contributed by atoms with Crippen LogP contribution >= 0.6 is 0 Å². The van der Waals surface area contributed by atoms with Gasteiger partial charge in [-0.2, -0.15) is 0 Å². The Hall–Kier alpha value is -3.35. The average Bonchev–Trinajstić information content (AvgIpc) is 3.11. The van der Waals surface area contributed by atoms with Crippen molar-refractivity contribution in [2.24, 2.45) is 11.3 Å². The molecule has 1 aliphatic rings. The molecule has 0 aliphatic heterocycles. The van der Waals surface area contributed by atoms with Gasteiger partial charge in [0.05, 0.1) is 12.3 Å². The molecule has 0 saturated carbocycles. The van der Waals surface area contributed by atoms with Gasteiger partial charge in [-0.05, 0) is 34.1 Å². The Kier molecular flexibility index (Phi) is 7.97. The molecule has 0 fully saturated rings. The first-order chi connectivity index (χ1) is 16.1. The molecule has 2 N–H and O–H groups in total. The molecule has 0 bridgehead atoms. The van der Waals surface area contributed by atoms with Crippen LogP contribution in [-0.4, -0.2) is 54.7 Å². The summed E-state index contributed by atoms with van der Waals surface area (Å²) in [5.74, 6) is -1.65. The van der Waals surface area contributed by atoms with E-state index in [1.54, 1.807) is 7.05 Å². The van der Waals surface area contributed by atoms with E-state index in [2.05, 4.69) is 29.6 Å². The molecule has 2 aromatic carbocycles. The highest BCUT2D eigenvalue weighted by Gasteiger charge is 2.30. The Labute approximate surface area is 201 Å². The van der Waals surface area contributed by atoms with Crippen molar-refractivity contribution in [1.82, 2.24) is 10.2 Å². The number of ether oxygens (including phenoxy) is 1. The van der Waals surface area contributed by atoms with E-state index in [1.165, 1.54) is 4.90 Å². The molecule has 2 amide bonds. The van der Waals surface area contributed by atoms with Gasteiger partial charge in [-0.3, -0.25) is 9.59 Å². The maximum absolute atomic E-state index is 12.9. The minimum absolute atomic E-state index is 0.0349. The number of rotatable bonds is 9. The lowest BCUT2D eigenvalue weighted by molar-refractivity contribution is -0.139. The van der Waals surface area contributed by atoms with Crippen LogP contribution in [0.15, 0.2) is 48.5 Å². The van der Waals surface area contributed by atoms with Crippen LogP contribution < -0.4 is 5.32 Å². The maximum atomic E-state index is 12.9. The molecule has 0 aromatic heterocycles. The van der Waals surface area contributed by atoms with Crippen molar-refractivity contribution >= 4 is 18.0 Å². The molecular formula is C27H34N2O5. The first-order valence-corrected chi connectivity index (χ1v) is 11.6. The monoisotopic (exact) mass is 466 g/mol. The zero-order chi connectivity index (χ0) is 24.9. The third-order valence-corrected chi connectivity index (χ3v) is 6.08. The minimum atomic E-state index is -0.955. The van der Waals surface area contributed by atoms with E-state index in [9.17, 15) is 14.4 Å². The summed E-state index contributed by atoms with van der Waals surface area (Å²) < 4.78 is 5.59. The van der Waals surface area contributed by atoms with Crippen LogP contribution in [-0.2, 0) is 14.3 Å². The number of benzene rings is 2. The number of amides is 2. The molecular weight excluding hydrogens is 432 g/mol. The summed E-state index contributed by atoms with van der Waals surface area (Å²) in [4.78, 5) is 37.8. The lowest BCUT2D eigenvalue weighted by Gasteiger charge is -2.29. The Morgan fingerprint density at radius 3 is 2.12 bits per heavy atom. The summed E-state index contributed by atoms with van der Waals surface area (Å²) >= 11 is 0. The van der Waals surface area contributed by atoms with Crippen LogP contribution in [0, 0.1) is 11.3 Å². The molecule has 182 valence electrons. The number of fused-ring (bicyclic) bond motifs is 3. The van der Waals surface area contributed by atoms with Crippen LogP contribution in [0.2, 0.25) is 0 Å². The molecule has 0 saturated heterocycles. The molecule has 1 unspecified atom stereocenters. The fourth-order valence-corrected chi connectivity index (χ4v) is 4.53. The topological polar surface area (TPSA) is 95.9 Å². The molecule has 0 heterocycles. The van der Waals surface area contributed by atoms with Gasteiger partial charge in [0.15, 0.2) is 0 Å². The van der Waals surface area contributed by atoms with Crippen molar-refractivity contribution in [1.29, 1.82) is 0 Å². The highest BCUT2D eigenvalue weighted by atomic mass is 16.5. The van der Waals surface area contributed by atoms with Crippen LogP contribution in [0.5, 0.6) is 0 Å². The Bertz CT molecular complexity index is 998. The van der Waals surface area contributed by atoms with Crippen molar-refractivity contribution in [3.8, 4) is 11.1 Å². The lowest BCUT2D eigenvalue weighted by Crippen LogP contribution is -2.42. The summed E-state index contributed by atoms with van der Waals surface area (Å²) in [5.41, 5.74) is 4.45. The fourth-order valence-electron chi connectivity index (χ4n) is 4.53. The number of hydrogen-bond acceptors (Lipinski definition) is 4. The van der Waals surface area contributed by atoms with Gasteiger partial charge >= 0.3 is 12.1 Å². The van der Waals surface area contributed by atoms with Gasteiger partial charge in [0, 0.05) is 26.1 Å². The van der Waals surface area contributed by atoms with Crippen molar-refractivity contribution in [3.05, 3.63) is 59.7 Å². The average molecular weight is 467 g/mol. The normalized spacial score (nSPS) is 13.5. The largest absolute Gasteiger partial charge is 0.481 e. The van der Waals surface area contributed by atoms with Gasteiger partial charge in [-0.15, -0.1) is 0 Å². The third kappa shape index (κ3) is 6.37. The smallest absolute Gasteiger partial charge is 0.407 e. The van der Waals surface area contributed by atoms with Gasteiger partial charge in [-0.25, -0.2) is 4.79 Å². The van der Waals surface area contributed by atoms with Crippen molar-refractivity contribution in [2.45, 2.75) is 39.5 Å². The zero-order valence-corrected chi connectivity index (χ0v) is 20.3. The van der Waals surface area contributed by atoms with E-state index >= 15 is 0 Å². The maximum Gasteiger partial charge on any atom is 0.407 e. The van der Waals surface area contributed by atoms with Gasteiger partial charge in [0.1, 0.15) is 6.61 Å². The molecule has 7 nitrogen and oxygen atoms in total. The number of nitrogens with one attached hydrogen (secondary N) is 1. The third-order valence-electron chi connectivity index (χ3n) is 6.08. The molecule has 1 aliphatic carbocycles. The highest BCUT2D eigenvalue weighted by molar-refractivity contribution is 5.81. The predicted octanol–water partition coefficient (Wildman–Crippen LogP) is 4.51. The second-order valence-electron chi connectivity index (χ2n) is 10.1. The van der Waals surface area contributed by atoms with Crippen LogP contribution in [0.4, 0.5) is 4.79 Å². The van der Waals surface area contributed by atoms with E-state index in [0.717, 1.165) is 22.3 Å². The lowest BCUT2D eigenvalue weighted by atomic mass is 9.84. The molecule has 0 radical (unpaired) electrons. The van der Waals surface area contributed by atoms with Crippen LogP contribution in [0.3, 0.4) is 0 Å². The molecule has 0 spiro atoms. The van der Waals surface area contributed by atoms with E-state index in [4.69, 9.17) is 9.84 Å². The number of aliphatic carboxylic acids is 1. The van der Waals surface area contributed by atoms with Gasteiger partial charge in [0.2, 0.25) is 5.91 Å². The quantitative estimate of drug-likeness (QED) is 0.567. The minimum Gasteiger partial charge on any atom is -0.481 e. The summed E-state index contributed by atoms with van der Waals surface area (Å²) in [7, 11) is 1.59. The van der Waals surface area contributed by atoms with Crippen molar-refractivity contribution < 1.29 is 24.2 Å². The van der Waals surface area contributed by atoms with Crippen molar-refractivity contribution in [3.63, 3.8) is 0 Å².